The topological polar surface area (TPSA) is 115 Å². The number of fused-ring (bicyclic) bond motifs is 1. The van der Waals surface area contributed by atoms with Crippen molar-refractivity contribution in [1.29, 1.82) is 5.26 Å². The van der Waals surface area contributed by atoms with E-state index < -0.39 is 0 Å². The highest BCUT2D eigenvalue weighted by Crippen LogP contribution is 2.26. The molecule has 0 saturated carbocycles. The summed E-state index contributed by atoms with van der Waals surface area (Å²) in [4.78, 5) is 31.5. The summed E-state index contributed by atoms with van der Waals surface area (Å²) in [6.45, 7) is 4.77. The molecule has 2 fully saturated rings. The van der Waals surface area contributed by atoms with E-state index in [4.69, 9.17) is 11.0 Å². The second kappa shape index (κ2) is 17.9. The van der Waals surface area contributed by atoms with Crippen LogP contribution in [0.25, 0.3) is 10.8 Å². The Morgan fingerprint density at radius 1 is 1.03 bits per heavy atom. The van der Waals surface area contributed by atoms with E-state index in [9.17, 15) is 9.59 Å². The van der Waals surface area contributed by atoms with Crippen LogP contribution in [-0.4, -0.2) is 53.8 Å². The second-order valence-corrected chi connectivity index (χ2v) is 8.71. The van der Waals surface area contributed by atoms with Crippen molar-refractivity contribution in [3.63, 3.8) is 0 Å². The van der Waals surface area contributed by atoms with Crippen LogP contribution in [0.1, 0.15) is 57.1 Å². The largest absolute Gasteiger partial charge is 0.369 e. The maximum absolute atomic E-state index is 11.9. The minimum absolute atomic E-state index is 0.100. The van der Waals surface area contributed by atoms with Crippen LogP contribution in [0.5, 0.6) is 0 Å². The Bertz CT molecular complexity index is 1130. The summed E-state index contributed by atoms with van der Waals surface area (Å²) >= 11 is 0. The fourth-order valence-corrected chi connectivity index (χ4v) is 4.42. The molecular weight excluding hydrogens is 476 g/mol. The Balaban J connectivity index is 0.000000338. The SMILES string of the molecule is C#C.C#C.CC(N=C(N)NC#N)c1cccc2ccccc12.O=C(CN1CCCCCC1=O)N1CCCC1. The molecule has 2 aromatic carbocycles. The van der Waals surface area contributed by atoms with Crippen molar-refractivity contribution in [2.24, 2.45) is 10.7 Å². The van der Waals surface area contributed by atoms with Gasteiger partial charge < -0.3 is 15.5 Å². The van der Waals surface area contributed by atoms with Crippen LogP contribution in [0.15, 0.2) is 47.5 Å². The maximum atomic E-state index is 11.9. The number of likely N-dealkylation sites (tertiary alicyclic amines) is 2. The van der Waals surface area contributed by atoms with Crippen LogP contribution in [0.4, 0.5) is 0 Å². The number of guanidine groups is 1. The molecule has 2 saturated heterocycles. The van der Waals surface area contributed by atoms with Crippen LogP contribution < -0.4 is 11.1 Å². The molecule has 4 rings (SSSR count). The molecule has 2 amide bonds. The summed E-state index contributed by atoms with van der Waals surface area (Å²) in [5.41, 5.74) is 6.68. The summed E-state index contributed by atoms with van der Waals surface area (Å²) in [5, 5.41) is 13.1. The van der Waals surface area contributed by atoms with Gasteiger partial charge >= 0.3 is 0 Å². The van der Waals surface area contributed by atoms with E-state index in [1.165, 1.54) is 5.39 Å². The number of hydrogen-bond acceptors (Lipinski definition) is 4. The average Bonchev–Trinajstić information content (AvgIpc) is 3.42. The highest BCUT2D eigenvalue weighted by atomic mass is 16.2. The van der Waals surface area contributed by atoms with Gasteiger partial charge in [0.15, 0.2) is 6.19 Å². The summed E-state index contributed by atoms with van der Waals surface area (Å²) in [7, 11) is 0. The van der Waals surface area contributed by atoms with E-state index in [1.54, 1.807) is 11.1 Å². The number of benzene rings is 2. The van der Waals surface area contributed by atoms with Gasteiger partial charge in [0.2, 0.25) is 17.8 Å². The van der Waals surface area contributed by atoms with Crippen molar-refractivity contribution in [2.45, 2.75) is 51.5 Å². The number of amides is 2. The molecule has 200 valence electrons. The number of nitrogens with one attached hydrogen (secondary N) is 1. The van der Waals surface area contributed by atoms with E-state index >= 15 is 0 Å². The van der Waals surface area contributed by atoms with Crippen LogP contribution in [0, 0.1) is 37.1 Å². The van der Waals surface area contributed by atoms with Crippen molar-refractivity contribution in [2.75, 3.05) is 26.2 Å². The van der Waals surface area contributed by atoms with Crippen molar-refractivity contribution < 1.29 is 9.59 Å². The minimum Gasteiger partial charge on any atom is -0.369 e. The molecule has 8 heteroatoms. The van der Waals surface area contributed by atoms with Crippen molar-refractivity contribution in [3.05, 3.63) is 48.0 Å². The zero-order valence-electron chi connectivity index (χ0n) is 22.2. The standard InChI is InChI=1S/C14H14N4.C12H20N2O2.2C2H2/c1-10(18-14(16)17-9-15)12-8-4-6-11-5-2-3-7-13(11)12;15-11-6-2-1-3-9-14(11)10-12(16)13-7-4-5-8-13;2*1-2/h2-8,10H,1H3,(H3,16,17,18);1-10H2;2*1-2H. The molecule has 0 radical (unpaired) electrons. The number of carbonyl (C=O) groups is 2. The number of carbonyl (C=O) groups excluding carboxylic acids is 2. The van der Waals surface area contributed by atoms with Crippen LogP contribution in [0.2, 0.25) is 0 Å². The first-order valence-corrected chi connectivity index (χ1v) is 12.7. The maximum Gasteiger partial charge on any atom is 0.242 e. The Morgan fingerprint density at radius 2 is 1.66 bits per heavy atom. The Kier molecular flexibility index (Phi) is 14.8. The van der Waals surface area contributed by atoms with Gasteiger partial charge in [0.1, 0.15) is 0 Å². The first kappa shape index (κ1) is 31.5. The molecule has 3 N–H and O–H groups in total. The quantitative estimate of drug-likeness (QED) is 0.212. The first-order chi connectivity index (χ1) is 18.5. The number of hydrogen-bond donors (Lipinski definition) is 2. The molecule has 2 aliphatic rings. The Hall–Kier alpha value is -4.48. The van der Waals surface area contributed by atoms with Crippen molar-refractivity contribution >= 4 is 28.5 Å². The lowest BCUT2D eigenvalue weighted by molar-refractivity contribution is -0.139. The number of nitriles is 1. The van der Waals surface area contributed by atoms with E-state index in [0.29, 0.717) is 13.0 Å². The molecule has 0 spiro atoms. The molecule has 8 nitrogen and oxygen atoms in total. The van der Waals surface area contributed by atoms with Gasteiger partial charge in [-0.2, -0.15) is 5.26 Å². The lowest BCUT2D eigenvalue weighted by Crippen LogP contribution is -2.41. The zero-order chi connectivity index (χ0) is 28.3. The fourth-order valence-electron chi connectivity index (χ4n) is 4.42. The van der Waals surface area contributed by atoms with Crippen LogP contribution >= 0.6 is 0 Å². The number of nitrogens with zero attached hydrogens (tertiary/aromatic N) is 4. The van der Waals surface area contributed by atoms with Crippen molar-refractivity contribution in [1.82, 2.24) is 15.1 Å². The molecule has 0 aliphatic carbocycles. The average molecular weight is 515 g/mol. The van der Waals surface area contributed by atoms with E-state index in [0.717, 1.165) is 62.7 Å². The molecule has 38 heavy (non-hydrogen) atoms. The van der Waals surface area contributed by atoms with E-state index in [1.807, 2.05) is 36.1 Å². The van der Waals surface area contributed by atoms with Gasteiger partial charge in [-0.05, 0) is 48.9 Å². The lowest BCUT2D eigenvalue weighted by Gasteiger charge is -2.23. The number of aliphatic imine (C=N–C) groups is 1. The van der Waals surface area contributed by atoms with Gasteiger partial charge in [0.05, 0.1) is 12.6 Å². The highest BCUT2D eigenvalue weighted by Gasteiger charge is 2.23. The van der Waals surface area contributed by atoms with Crippen LogP contribution in [-0.2, 0) is 9.59 Å². The monoisotopic (exact) mass is 514 g/mol. The highest BCUT2D eigenvalue weighted by molar-refractivity contribution is 5.87. The molecule has 2 heterocycles. The second-order valence-electron chi connectivity index (χ2n) is 8.71. The van der Waals surface area contributed by atoms with Gasteiger partial charge in [-0.15, -0.1) is 25.7 Å². The zero-order valence-corrected chi connectivity index (χ0v) is 22.2. The van der Waals surface area contributed by atoms with Gasteiger partial charge in [0.25, 0.3) is 0 Å². The molecule has 2 aliphatic heterocycles. The smallest absolute Gasteiger partial charge is 0.242 e. The predicted octanol–water partition coefficient (Wildman–Crippen LogP) is 3.80. The lowest BCUT2D eigenvalue weighted by atomic mass is 10.0. The normalized spacial score (nSPS) is 15.7. The predicted molar refractivity (Wildman–Crippen MR) is 153 cm³/mol. The molecule has 0 aromatic heterocycles. The third-order valence-electron chi connectivity index (χ3n) is 6.25. The number of terminal acetylenes is 2. The summed E-state index contributed by atoms with van der Waals surface area (Å²) in [6.07, 6.45) is 23.7. The summed E-state index contributed by atoms with van der Waals surface area (Å²) in [6, 6.07) is 14.1. The van der Waals surface area contributed by atoms with Gasteiger partial charge in [-0.1, -0.05) is 48.9 Å². The fraction of sp³-hybridized carbons (Fsp3) is 0.400. The first-order valence-electron chi connectivity index (χ1n) is 12.7. The van der Waals surface area contributed by atoms with Crippen molar-refractivity contribution in [3.8, 4) is 31.9 Å². The number of rotatable bonds is 4. The summed E-state index contributed by atoms with van der Waals surface area (Å²) in [5.74, 6) is 0.427. The molecular formula is C30H38N6O2. The third-order valence-corrected chi connectivity index (χ3v) is 6.25. The van der Waals surface area contributed by atoms with E-state index in [-0.39, 0.29) is 23.8 Å². The van der Waals surface area contributed by atoms with E-state index in [2.05, 4.69) is 54.2 Å². The Labute approximate surface area is 226 Å². The third kappa shape index (κ3) is 9.88. The molecule has 1 unspecified atom stereocenters. The number of nitrogens with two attached hydrogens (primary N) is 1. The Morgan fingerprint density at radius 3 is 2.34 bits per heavy atom. The van der Waals surface area contributed by atoms with Gasteiger partial charge in [0, 0.05) is 26.1 Å². The molecule has 2 aromatic rings. The minimum atomic E-state index is -0.100. The van der Waals surface area contributed by atoms with Gasteiger partial charge in [-0.25, -0.2) is 4.99 Å². The van der Waals surface area contributed by atoms with Crippen LogP contribution in [0.3, 0.4) is 0 Å². The summed E-state index contributed by atoms with van der Waals surface area (Å²) < 4.78 is 0. The van der Waals surface area contributed by atoms with Gasteiger partial charge in [-0.3, -0.25) is 14.9 Å². The molecule has 0 bridgehead atoms. The molecule has 1 atom stereocenters.